The van der Waals surface area contributed by atoms with Gasteiger partial charge in [-0.2, -0.15) is 0 Å². The summed E-state index contributed by atoms with van der Waals surface area (Å²) in [5.74, 6) is 0.278. The standard InChI is InChI=1S/C15H21N3O4/c1-10-13(6-3-7-14(10)18(21)22)17-15(20)16-9-11-4-2-5-12(19)8-11/h3,6-7,11-12,19H,2,4-5,8-9H2,1H3,(H2,16,17,20). The predicted octanol–water partition coefficient (Wildman–Crippen LogP) is 2.58. The number of hydrogen-bond acceptors (Lipinski definition) is 4. The number of nitro benzene ring substituents is 1. The number of nitro groups is 1. The SMILES string of the molecule is Cc1c(NC(=O)NCC2CCCC(O)C2)cccc1[N+](=O)[O-]. The van der Waals surface area contributed by atoms with Crippen molar-refractivity contribution in [2.75, 3.05) is 11.9 Å². The van der Waals surface area contributed by atoms with Gasteiger partial charge in [-0.15, -0.1) is 0 Å². The summed E-state index contributed by atoms with van der Waals surface area (Å²) in [5.41, 5.74) is 0.833. The van der Waals surface area contributed by atoms with E-state index < -0.39 is 4.92 Å². The molecule has 0 saturated heterocycles. The zero-order chi connectivity index (χ0) is 16.1. The molecule has 7 heteroatoms. The fraction of sp³-hybridized carbons (Fsp3) is 0.533. The first-order valence-corrected chi connectivity index (χ1v) is 7.44. The average molecular weight is 307 g/mol. The minimum Gasteiger partial charge on any atom is -0.393 e. The molecule has 1 aromatic carbocycles. The van der Waals surface area contributed by atoms with Gasteiger partial charge in [0, 0.05) is 12.6 Å². The number of hydrogen-bond donors (Lipinski definition) is 3. The quantitative estimate of drug-likeness (QED) is 0.587. The van der Waals surface area contributed by atoms with Crippen molar-refractivity contribution in [1.29, 1.82) is 0 Å². The van der Waals surface area contributed by atoms with Crippen LogP contribution in [0.1, 0.15) is 31.2 Å². The monoisotopic (exact) mass is 307 g/mol. The summed E-state index contributed by atoms with van der Waals surface area (Å²) in [6.07, 6.45) is 3.22. The van der Waals surface area contributed by atoms with E-state index in [0.717, 1.165) is 19.3 Å². The Hall–Kier alpha value is -2.15. The third kappa shape index (κ3) is 4.17. The number of amides is 2. The van der Waals surface area contributed by atoms with Gasteiger partial charge in [-0.05, 0) is 38.2 Å². The van der Waals surface area contributed by atoms with Crippen molar-refractivity contribution < 1.29 is 14.8 Å². The van der Waals surface area contributed by atoms with E-state index >= 15 is 0 Å². The van der Waals surface area contributed by atoms with E-state index in [1.54, 1.807) is 13.0 Å². The van der Waals surface area contributed by atoms with Gasteiger partial charge in [0.1, 0.15) is 0 Å². The number of carbonyl (C=O) groups is 1. The zero-order valence-corrected chi connectivity index (χ0v) is 12.5. The molecule has 1 aliphatic carbocycles. The normalized spacial score (nSPS) is 21.2. The van der Waals surface area contributed by atoms with Crippen LogP contribution in [0.4, 0.5) is 16.2 Å². The van der Waals surface area contributed by atoms with Gasteiger partial charge < -0.3 is 15.7 Å². The molecule has 0 radical (unpaired) electrons. The fourth-order valence-corrected chi connectivity index (χ4v) is 2.81. The molecule has 1 fully saturated rings. The van der Waals surface area contributed by atoms with Gasteiger partial charge in [0.15, 0.2) is 0 Å². The maximum Gasteiger partial charge on any atom is 0.319 e. The number of anilines is 1. The maximum absolute atomic E-state index is 11.9. The molecule has 1 aromatic rings. The topological polar surface area (TPSA) is 104 Å². The lowest BCUT2D eigenvalue weighted by atomic mass is 9.87. The van der Waals surface area contributed by atoms with Crippen molar-refractivity contribution in [2.24, 2.45) is 5.92 Å². The first-order chi connectivity index (χ1) is 10.5. The second kappa shape index (κ2) is 7.22. The molecule has 0 bridgehead atoms. The summed E-state index contributed by atoms with van der Waals surface area (Å²) < 4.78 is 0. The fourth-order valence-electron chi connectivity index (χ4n) is 2.81. The van der Waals surface area contributed by atoms with Crippen LogP contribution in [0.3, 0.4) is 0 Å². The summed E-state index contributed by atoms with van der Waals surface area (Å²) in [7, 11) is 0. The zero-order valence-electron chi connectivity index (χ0n) is 12.5. The van der Waals surface area contributed by atoms with Gasteiger partial charge in [0.25, 0.3) is 5.69 Å². The van der Waals surface area contributed by atoms with Crippen molar-refractivity contribution in [3.8, 4) is 0 Å². The molecule has 0 spiro atoms. The van der Waals surface area contributed by atoms with E-state index in [1.165, 1.54) is 12.1 Å². The average Bonchev–Trinajstić information content (AvgIpc) is 2.47. The Morgan fingerprint density at radius 3 is 2.91 bits per heavy atom. The van der Waals surface area contributed by atoms with E-state index in [-0.39, 0.29) is 23.7 Å². The lowest BCUT2D eigenvalue weighted by Gasteiger charge is -2.25. The number of rotatable bonds is 4. The minimum absolute atomic E-state index is 0.0202. The van der Waals surface area contributed by atoms with Crippen molar-refractivity contribution in [3.05, 3.63) is 33.9 Å². The largest absolute Gasteiger partial charge is 0.393 e. The van der Waals surface area contributed by atoms with Crippen LogP contribution in [-0.4, -0.2) is 28.7 Å². The van der Waals surface area contributed by atoms with Crippen molar-refractivity contribution >= 4 is 17.4 Å². The maximum atomic E-state index is 11.9. The molecule has 1 saturated carbocycles. The van der Waals surface area contributed by atoms with Crippen molar-refractivity contribution in [3.63, 3.8) is 0 Å². The van der Waals surface area contributed by atoms with Crippen LogP contribution in [0.25, 0.3) is 0 Å². The Labute approximate surface area is 128 Å². The van der Waals surface area contributed by atoms with Gasteiger partial charge in [0.2, 0.25) is 0 Å². The third-order valence-corrected chi connectivity index (χ3v) is 4.06. The second-order valence-corrected chi connectivity index (χ2v) is 5.73. The van der Waals surface area contributed by atoms with E-state index in [1.807, 2.05) is 0 Å². The van der Waals surface area contributed by atoms with E-state index in [4.69, 9.17) is 0 Å². The predicted molar refractivity (Wildman–Crippen MR) is 82.8 cm³/mol. The van der Waals surface area contributed by atoms with Crippen LogP contribution >= 0.6 is 0 Å². The van der Waals surface area contributed by atoms with Crippen LogP contribution in [0.5, 0.6) is 0 Å². The number of aliphatic hydroxyl groups is 1. The Balaban J connectivity index is 1.89. The summed E-state index contributed by atoms with van der Waals surface area (Å²) in [6.45, 7) is 2.10. The van der Waals surface area contributed by atoms with Crippen molar-refractivity contribution in [2.45, 2.75) is 38.7 Å². The van der Waals surface area contributed by atoms with E-state index in [9.17, 15) is 20.0 Å². The third-order valence-electron chi connectivity index (χ3n) is 4.06. The van der Waals surface area contributed by atoms with Gasteiger partial charge in [0.05, 0.1) is 22.3 Å². The van der Waals surface area contributed by atoms with Crippen LogP contribution in [0, 0.1) is 23.0 Å². The molecular weight excluding hydrogens is 286 g/mol. The van der Waals surface area contributed by atoms with Crippen LogP contribution in [-0.2, 0) is 0 Å². The minimum atomic E-state index is -0.470. The molecule has 2 amide bonds. The van der Waals surface area contributed by atoms with E-state index in [0.29, 0.717) is 24.2 Å². The van der Waals surface area contributed by atoms with Gasteiger partial charge >= 0.3 is 6.03 Å². The summed E-state index contributed by atoms with van der Waals surface area (Å²) >= 11 is 0. The molecule has 22 heavy (non-hydrogen) atoms. The van der Waals surface area contributed by atoms with E-state index in [2.05, 4.69) is 10.6 Å². The Bertz CT molecular complexity index is 562. The number of carbonyl (C=O) groups excluding carboxylic acids is 1. The van der Waals surface area contributed by atoms with Crippen LogP contribution in [0.15, 0.2) is 18.2 Å². The number of benzene rings is 1. The van der Waals surface area contributed by atoms with Gasteiger partial charge in [-0.25, -0.2) is 4.79 Å². The molecular formula is C15H21N3O4. The highest BCUT2D eigenvalue weighted by Gasteiger charge is 2.21. The highest BCUT2D eigenvalue weighted by Crippen LogP contribution is 2.25. The highest BCUT2D eigenvalue weighted by molar-refractivity contribution is 5.90. The summed E-state index contributed by atoms with van der Waals surface area (Å²) in [5, 5.41) is 25.9. The molecule has 2 atom stereocenters. The Morgan fingerprint density at radius 2 is 2.23 bits per heavy atom. The summed E-state index contributed by atoms with van der Waals surface area (Å²) in [4.78, 5) is 22.3. The van der Waals surface area contributed by atoms with Gasteiger partial charge in [-0.3, -0.25) is 10.1 Å². The molecule has 3 N–H and O–H groups in total. The Kier molecular flexibility index (Phi) is 5.32. The molecule has 0 aliphatic heterocycles. The van der Waals surface area contributed by atoms with Crippen LogP contribution < -0.4 is 10.6 Å². The van der Waals surface area contributed by atoms with Crippen molar-refractivity contribution in [1.82, 2.24) is 5.32 Å². The second-order valence-electron chi connectivity index (χ2n) is 5.73. The lowest BCUT2D eigenvalue weighted by Crippen LogP contribution is -2.35. The first-order valence-electron chi connectivity index (χ1n) is 7.44. The molecule has 0 aromatic heterocycles. The lowest BCUT2D eigenvalue weighted by molar-refractivity contribution is -0.385. The Morgan fingerprint density at radius 1 is 1.45 bits per heavy atom. The number of urea groups is 1. The number of aliphatic hydroxyl groups excluding tert-OH is 1. The number of nitrogens with one attached hydrogen (secondary N) is 2. The molecule has 120 valence electrons. The van der Waals surface area contributed by atoms with Gasteiger partial charge in [-0.1, -0.05) is 12.5 Å². The molecule has 2 unspecified atom stereocenters. The molecule has 1 aliphatic rings. The molecule has 0 heterocycles. The first kappa shape index (κ1) is 16.2. The summed E-state index contributed by atoms with van der Waals surface area (Å²) in [6, 6.07) is 4.19. The highest BCUT2D eigenvalue weighted by atomic mass is 16.6. The molecule has 7 nitrogen and oxygen atoms in total. The smallest absolute Gasteiger partial charge is 0.319 e. The molecule has 2 rings (SSSR count). The number of nitrogens with zero attached hydrogens (tertiary/aromatic N) is 1. The van der Waals surface area contributed by atoms with Crippen LogP contribution in [0.2, 0.25) is 0 Å².